The zero-order chi connectivity index (χ0) is 14.3. The summed E-state index contributed by atoms with van der Waals surface area (Å²) < 4.78 is 0. The summed E-state index contributed by atoms with van der Waals surface area (Å²) in [6.07, 6.45) is 1.36. The normalized spacial score (nSPS) is 10.0. The van der Waals surface area contributed by atoms with E-state index in [1.165, 1.54) is 6.21 Å². The Morgan fingerprint density at radius 1 is 1.26 bits per heavy atom. The van der Waals surface area contributed by atoms with E-state index < -0.39 is 6.03 Å². The molecule has 6 nitrogen and oxygen atoms in total. The van der Waals surface area contributed by atoms with Crippen LogP contribution >= 0.6 is 0 Å². The summed E-state index contributed by atoms with van der Waals surface area (Å²) in [6.45, 7) is 0. The molecule has 0 heterocycles. The molecular weight excluding hydrogens is 246 g/mol. The summed E-state index contributed by atoms with van der Waals surface area (Å²) in [5.41, 5.74) is 7.50. The van der Waals surface area contributed by atoms with Gasteiger partial charge in [0.05, 0.1) is 6.21 Å². The Labute approximate surface area is 110 Å². The lowest BCUT2D eigenvalue weighted by atomic mass is 10.0. The van der Waals surface area contributed by atoms with Crippen molar-refractivity contribution in [3.8, 4) is 5.75 Å². The monoisotopic (exact) mass is 261 g/mol. The van der Waals surface area contributed by atoms with Gasteiger partial charge in [-0.05, 0) is 16.8 Å². The second-order valence-corrected chi connectivity index (χ2v) is 3.45. The molecule has 0 atom stereocenters. The van der Waals surface area contributed by atoms with Crippen LogP contribution in [-0.2, 0) is 0 Å². The first-order chi connectivity index (χ1) is 9.18. The molecule has 100 valence electrons. The number of rotatable bonds is 2. The maximum atomic E-state index is 10.5. The lowest BCUT2D eigenvalue weighted by Gasteiger charge is -2.04. The van der Waals surface area contributed by atoms with Crippen LogP contribution in [0.2, 0.25) is 0 Å². The fourth-order valence-electron chi connectivity index (χ4n) is 1.58. The third kappa shape index (κ3) is 3.68. The molecule has 2 aromatic rings. The highest BCUT2D eigenvalue weighted by atomic mass is 16.3. The van der Waals surface area contributed by atoms with Gasteiger partial charge in [0.1, 0.15) is 5.75 Å². The minimum Gasteiger partial charge on any atom is -0.507 e. The Bertz CT molecular complexity index is 597. The largest absolute Gasteiger partial charge is 0.507 e. The first-order valence-electron chi connectivity index (χ1n) is 5.42. The van der Waals surface area contributed by atoms with Gasteiger partial charge in [0.15, 0.2) is 0 Å². The molecule has 19 heavy (non-hydrogen) atoms. The number of primary amides is 1. The van der Waals surface area contributed by atoms with Crippen LogP contribution in [0.15, 0.2) is 41.5 Å². The van der Waals surface area contributed by atoms with E-state index in [-0.39, 0.29) is 5.75 Å². The smallest absolute Gasteiger partial charge is 0.332 e. The van der Waals surface area contributed by atoms with Crippen LogP contribution < -0.4 is 11.2 Å². The lowest BCUT2D eigenvalue weighted by molar-refractivity contribution is 0.249. The number of hydrogen-bond donors (Lipinski definition) is 4. The molecule has 2 aromatic carbocycles. The topological polar surface area (TPSA) is 108 Å². The lowest BCUT2D eigenvalue weighted by Crippen LogP contribution is -2.24. The predicted molar refractivity (Wildman–Crippen MR) is 74.1 cm³/mol. The maximum Gasteiger partial charge on any atom is 0.332 e. The molecule has 0 unspecified atom stereocenters. The van der Waals surface area contributed by atoms with Gasteiger partial charge in [-0.2, -0.15) is 5.10 Å². The second-order valence-electron chi connectivity index (χ2n) is 3.45. The van der Waals surface area contributed by atoms with E-state index in [2.05, 4.69) is 10.5 Å². The van der Waals surface area contributed by atoms with E-state index in [0.717, 1.165) is 17.9 Å². The predicted octanol–water partition coefficient (Wildman–Crippen LogP) is 1.16. The summed E-state index contributed by atoms with van der Waals surface area (Å²) >= 11 is 0. The van der Waals surface area contributed by atoms with Crippen LogP contribution in [0.3, 0.4) is 0 Å². The van der Waals surface area contributed by atoms with Crippen molar-refractivity contribution < 1.29 is 15.0 Å². The van der Waals surface area contributed by atoms with Gasteiger partial charge in [0.25, 0.3) is 0 Å². The molecule has 0 bridgehead atoms. The highest BCUT2D eigenvalue weighted by Gasteiger charge is 2.03. The van der Waals surface area contributed by atoms with Gasteiger partial charge in [-0.1, -0.05) is 30.3 Å². The summed E-state index contributed by atoms with van der Waals surface area (Å²) in [4.78, 5) is 10.5. The van der Waals surface area contributed by atoms with Gasteiger partial charge < -0.3 is 15.9 Å². The summed E-state index contributed by atoms with van der Waals surface area (Å²) in [5, 5.41) is 22.2. The third-order valence-corrected chi connectivity index (χ3v) is 2.32. The molecule has 6 heteroatoms. The Hall–Kier alpha value is -2.60. The Balaban J connectivity index is 0.000000861. The van der Waals surface area contributed by atoms with Crippen molar-refractivity contribution in [2.45, 2.75) is 0 Å². The molecule has 0 aliphatic carbocycles. The van der Waals surface area contributed by atoms with Gasteiger partial charge in [-0.25, -0.2) is 10.2 Å². The van der Waals surface area contributed by atoms with E-state index in [4.69, 9.17) is 10.8 Å². The number of phenolic OH excluding ortho intramolecular Hbond substituents is 1. The van der Waals surface area contributed by atoms with Crippen LogP contribution in [0.4, 0.5) is 4.79 Å². The van der Waals surface area contributed by atoms with Crippen LogP contribution in [0.1, 0.15) is 5.56 Å². The number of fused-ring (bicyclic) bond motifs is 1. The van der Waals surface area contributed by atoms with Crippen molar-refractivity contribution in [3.63, 3.8) is 0 Å². The molecule has 0 fully saturated rings. The van der Waals surface area contributed by atoms with Gasteiger partial charge in [0, 0.05) is 12.7 Å². The zero-order valence-electron chi connectivity index (χ0n) is 10.4. The van der Waals surface area contributed by atoms with Crippen molar-refractivity contribution in [2.24, 2.45) is 10.8 Å². The molecule has 2 amide bonds. The number of aliphatic hydroxyl groups is 1. The second kappa shape index (κ2) is 6.97. The molecule has 0 aromatic heterocycles. The molecule has 0 saturated heterocycles. The van der Waals surface area contributed by atoms with Gasteiger partial charge in [-0.3, -0.25) is 0 Å². The molecule has 0 spiro atoms. The van der Waals surface area contributed by atoms with E-state index in [0.29, 0.717) is 5.56 Å². The Kier molecular flexibility index (Phi) is 5.31. The van der Waals surface area contributed by atoms with E-state index in [1.807, 2.05) is 30.3 Å². The number of urea groups is 1. The Morgan fingerprint density at radius 3 is 2.63 bits per heavy atom. The number of aliphatic hydroxyl groups excluding tert-OH is 1. The average molecular weight is 261 g/mol. The van der Waals surface area contributed by atoms with Crippen molar-refractivity contribution in [1.82, 2.24) is 5.43 Å². The zero-order valence-corrected chi connectivity index (χ0v) is 10.4. The first-order valence-corrected chi connectivity index (χ1v) is 5.42. The molecule has 0 aliphatic rings. The number of carbonyl (C=O) groups excluding carboxylic acids is 1. The summed E-state index contributed by atoms with van der Waals surface area (Å²) in [7, 11) is 1.00. The number of phenols is 1. The number of nitrogens with two attached hydrogens (primary N) is 1. The number of nitrogens with one attached hydrogen (secondary N) is 1. The van der Waals surface area contributed by atoms with Crippen molar-refractivity contribution in [3.05, 3.63) is 42.0 Å². The maximum absolute atomic E-state index is 10.5. The fraction of sp³-hybridized carbons (Fsp3) is 0.0769. The third-order valence-electron chi connectivity index (χ3n) is 2.32. The number of hydrazone groups is 1. The highest BCUT2D eigenvalue weighted by Crippen LogP contribution is 2.25. The van der Waals surface area contributed by atoms with Crippen molar-refractivity contribution >= 4 is 23.0 Å². The molecule has 5 N–H and O–H groups in total. The van der Waals surface area contributed by atoms with E-state index in [1.54, 1.807) is 6.07 Å². The molecule has 0 aliphatic heterocycles. The number of amides is 2. The standard InChI is InChI=1S/C12H11N3O2.CH4O/c13-12(17)15-14-7-10-9-4-2-1-3-8(9)5-6-11(10)16;1-2/h1-7,16H,(H3,13,15,17);2H,1H3/b14-7+;. The number of nitrogens with zero attached hydrogens (tertiary/aromatic N) is 1. The summed E-state index contributed by atoms with van der Waals surface area (Å²) in [6, 6.07) is 10.2. The molecule has 0 saturated carbocycles. The highest BCUT2D eigenvalue weighted by molar-refractivity contribution is 6.02. The van der Waals surface area contributed by atoms with E-state index >= 15 is 0 Å². The van der Waals surface area contributed by atoms with Crippen LogP contribution in [0.5, 0.6) is 5.75 Å². The molecule has 2 rings (SSSR count). The van der Waals surface area contributed by atoms with Crippen LogP contribution in [0, 0.1) is 0 Å². The van der Waals surface area contributed by atoms with Crippen molar-refractivity contribution in [2.75, 3.05) is 7.11 Å². The molecular formula is C13H15N3O3. The SMILES string of the molecule is CO.NC(=O)N/N=C/c1c(O)ccc2ccccc12. The van der Waals surface area contributed by atoms with Gasteiger partial charge in [0.2, 0.25) is 0 Å². The minimum absolute atomic E-state index is 0.0960. The Morgan fingerprint density at radius 2 is 1.95 bits per heavy atom. The quantitative estimate of drug-likeness (QED) is 0.481. The fourth-order valence-corrected chi connectivity index (χ4v) is 1.58. The van der Waals surface area contributed by atoms with Crippen LogP contribution in [0.25, 0.3) is 10.8 Å². The number of aromatic hydroxyl groups is 1. The average Bonchev–Trinajstić information content (AvgIpc) is 2.43. The van der Waals surface area contributed by atoms with Gasteiger partial charge >= 0.3 is 6.03 Å². The van der Waals surface area contributed by atoms with Gasteiger partial charge in [-0.15, -0.1) is 0 Å². The van der Waals surface area contributed by atoms with Crippen molar-refractivity contribution in [1.29, 1.82) is 0 Å². The minimum atomic E-state index is -0.749. The number of benzene rings is 2. The number of carbonyl (C=O) groups is 1. The molecule has 0 radical (unpaired) electrons. The van der Waals surface area contributed by atoms with Crippen LogP contribution in [-0.4, -0.2) is 29.6 Å². The first kappa shape index (κ1) is 14.5. The number of hydrogen-bond acceptors (Lipinski definition) is 4. The summed E-state index contributed by atoms with van der Waals surface area (Å²) in [5.74, 6) is 0.0960. The van der Waals surface area contributed by atoms with E-state index in [9.17, 15) is 9.90 Å².